The van der Waals surface area contributed by atoms with Crippen LogP contribution < -0.4 is 10.6 Å². The average Bonchev–Trinajstić information content (AvgIpc) is 3.42. The van der Waals surface area contributed by atoms with Crippen molar-refractivity contribution >= 4 is 23.2 Å². The van der Waals surface area contributed by atoms with Crippen LogP contribution in [0.25, 0.3) is 5.69 Å². The largest absolute Gasteiger partial charge is 0.326 e. The zero-order valence-corrected chi connectivity index (χ0v) is 15.3. The number of carbonyl (C=O) groups excluding carboxylic acids is 2. The first-order valence-corrected chi connectivity index (χ1v) is 9.04. The van der Waals surface area contributed by atoms with E-state index in [4.69, 9.17) is 0 Å². The van der Waals surface area contributed by atoms with E-state index in [1.807, 2.05) is 0 Å². The highest BCUT2D eigenvalue weighted by atomic mass is 19.1. The van der Waals surface area contributed by atoms with Crippen LogP contribution in [0.1, 0.15) is 41.9 Å². The third-order valence-electron chi connectivity index (χ3n) is 4.50. The molecule has 7 heteroatoms. The summed E-state index contributed by atoms with van der Waals surface area (Å²) >= 11 is 0. The molecule has 1 aliphatic carbocycles. The summed E-state index contributed by atoms with van der Waals surface area (Å²) in [7, 11) is 0. The van der Waals surface area contributed by atoms with Gasteiger partial charge in [-0.1, -0.05) is 0 Å². The Morgan fingerprint density at radius 2 is 1.61 bits per heavy atom. The van der Waals surface area contributed by atoms with E-state index < -0.39 is 0 Å². The van der Waals surface area contributed by atoms with Crippen molar-refractivity contribution in [3.8, 4) is 5.69 Å². The minimum Gasteiger partial charge on any atom is -0.326 e. The maximum atomic E-state index is 13.2. The predicted octanol–water partition coefficient (Wildman–Crippen LogP) is 4.10. The summed E-state index contributed by atoms with van der Waals surface area (Å²) in [6.07, 6.45) is 2.11. The fourth-order valence-electron chi connectivity index (χ4n) is 3.00. The Morgan fingerprint density at radius 3 is 2.18 bits per heavy atom. The van der Waals surface area contributed by atoms with Crippen molar-refractivity contribution in [2.75, 3.05) is 10.6 Å². The molecule has 142 valence electrons. The number of anilines is 2. The van der Waals surface area contributed by atoms with E-state index in [0.717, 1.165) is 24.2 Å². The van der Waals surface area contributed by atoms with Crippen molar-refractivity contribution in [3.05, 3.63) is 71.8 Å². The van der Waals surface area contributed by atoms with Gasteiger partial charge in [0.05, 0.1) is 5.69 Å². The molecule has 0 aliphatic heterocycles. The van der Waals surface area contributed by atoms with Gasteiger partial charge in [0.15, 0.2) is 5.69 Å². The number of halogens is 1. The number of aromatic nitrogens is 2. The van der Waals surface area contributed by atoms with Gasteiger partial charge in [-0.2, -0.15) is 5.10 Å². The Labute approximate surface area is 161 Å². The normalized spacial score (nSPS) is 13.2. The predicted molar refractivity (Wildman–Crippen MR) is 104 cm³/mol. The SMILES string of the molecule is CC(=O)Nc1ccc(NC(=O)c2cc(C3CC3)n(-c3ccc(F)cc3)n2)cc1. The van der Waals surface area contributed by atoms with Gasteiger partial charge < -0.3 is 10.6 Å². The molecule has 1 heterocycles. The Kier molecular flexibility index (Phi) is 4.65. The molecule has 2 aromatic carbocycles. The second-order valence-electron chi connectivity index (χ2n) is 6.83. The van der Waals surface area contributed by atoms with Gasteiger partial charge in [0.2, 0.25) is 5.91 Å². The number of carbonyl (C=O) groups is 2. The van der Waals surface area contributed by atoms with Crippen molar-refractivity contribution in [3.63, 3.8) is 0 Å². The molecule has 1 aromatic heterocycles. The third-order valence-corrected chi connectivity index (χ3v) is 4.50. The molecule has 4 rings (SSSR count). The lowest BCUT2D eigenvalue weighted by molar-refractivity contribution is -0.114. The van der Waals surface area contributed by atoms with E-state index in [-0.39, 0.29) is 17.6 Å². The van der Waals surface area contributed by atoms with E-state index in [1.54, 1.807) is 47.1 Å². The van der Waals surface area contributed by atoms with Crippen molar-refractivity contribution in [1.29, 1.82) is 0 Å². The van der Waals surface area contributed by atoms with Crippen LogP contribution in [-0.2, 0) is 4.79 Å². The second-order valence-corrected chi connectivity index (χ2v) is 6.83. The van der Waals surface area contributed by atoms with Crippen LogP contribution in [0.15, 0.2) is 54.6 Å². The lowest BCUT2D eigenvalue weighted by Crippen LogP contribution is -2.13. The molecule has 0 spiro atoms. The Hall–Kier alpha value is -3.48. The van der Waals surface area contributed by atoms with Crippen LogP contribution in [0.4, 0.5) is 15.8 Å². The molecule has 0 radical (unpaired) electrons. The molecule has 0 saturated heterocycles. The van der Waals surface area contributed by atoms with Crippen LogP contribution in [0, 0.1) is 5.82 Å². The monoisotopic (exact) mass is 378 g/mol. The Balaban J connectivity index is 1.55. The fourth-order valence-corrected chi connectivity index (χ4v) is 3.00. The molecule has 0 unspecified atom stereocenters. The molecule has 2 amide bonds. The van der Waals surface area contributed by atoms with Crippen LogP contribution in [0.2, 0.25) is 0 Å². The summed E-state index contributed by atoms with van der Waals surface area (Å²) in [5.74, 6) is -0.425. The fraction of sp³-hybridized carbons (Fsp3) is 0.190. The minimum absolute atomic E-state index is 0.157. The standard InChI is InChI=1S/C21H19FN4O2/c1-13(27)23-16-6-8-17(9-7-16)24-21(28)19-12-20(14-2-3-14)26(25-19)18-10-4-15(22)5-11-18/h4-12,14H,2-3H2,1H3,(H,23,27)(H,24,28). The number of hydrogen-bond acceptors (Lipinski definition) is 3. The Morgan fingerprint density at radius 1 is 1.00 bits per heavy atom. The van der Waals surface area contributed by atoms with Crippen molar-refractivity contribution in [2.24, 2.45) is 0 Å². The maximum absolute atomic E-state index is 13.2. The van der Waals surface area contributed by atoms with Gasteiger partial charge in [0.1, 0.15) is 5.82 Å². The lowest BCUT2D eigenvalue weighted by Gasteiger charge is -2.06. The molecule has 28 heavy (non-hydrogen) atoms. The molecular formula is C21H19FN4O2. The van der Waals surface area contributed by atoms with E-state index in [9.17, 15) is 14.0 Å². The van der Waals surface area contributed by atoms with Gasteiger partial charge in [0, 0.05) is 29.9 Å². The summed E-state index contributed by atoms with van der Waals surface area (Å²) in [4.78, 5) is 23.7. The summed E-state index contributed by atoms with van der Waals surface area (Å²) in [6.45, 7) is 1.44. The van der Waals surface area contributed by atoms with Crippen molar-refractivity contribution in [2.45, 2.75) is 25.7 Å². The first-order chi connectivity index (χ1) is 13.5. The molecular weight excluding hydrogens is 359 g/mol. The zero-order valence-electron chi connectivity index (χ0n) is 15.3. The number of benzene rings is 2. The van der Waals surface area contributed by atoms with E-state index in [2.05, 4.69) is 15.7 Å². The van der Waals surface area contributed by atoms with E-state index in [1.165, 1.54) is 19.1 Å². The highest BCUT2D eigenvalue weighted by Crippen LogP contribution is 2.41. The lowest BCUT2D eigenvalue weighted by atomic mass is 10.2. The zero-order chi connectivity index (χ0) is 19.7. The molecule has 0 atom stereocenters. The Bertz CT molecular complexity index is 1020. The quantitative estimate of drug-likeness (QED) is 0.702. The van der Waals surface area contributed by atoms with Crippen LogP contribution in [0.3, 0.4) is 0 Å². The van der Waals surface area contributed by atoms with Crippen LogP contribution >= 0.6 is 0 Å². The molecule has 2 N–H and O–H groups in total. The number of amides is 2. The van der Waals surface area contributed by atoms with Crippen molar-refractivity contribution < 1.29 is 14.0 Å². The van der Waals surface area contributed by atoms with Gasteiger partial charge in [0.25, 0.3) is 5.91 Å². The first-order valence-electron chi connectivity index (χ1n) is 9.04. The summed E-state index contributed by atoms with van der Waals surface area (Å²) in [5, 5.41) is 9.94. The van der Waals surface area contributed by atoms with Gasteiger partial charge in [-0.15, -0.1) is 0 Å². The third kappa shape index (κ3) is 3.93. The van der Waals surface area contributed by atoms with Crippen LogP contribution in [-0.4, -0.2) is 21.6 Å². The number of nitrogens with one attached hydrogen (secondary N) is 2. The van der Waals surface area contributed by atoms with Crippen LogP contribution in [0.5, 0.6) is 0 Å². The highest BCUT2D eigenvalue weighted by molar-refractivity contribution is 6.03. The average molecular weight is 378 g/mol. The molecule has 1 aliphatic rings. The van der Waals surface area contributed by atoms with Crippen molar-refractivity contribution in [1.82, 2.24) is 9.78 Å². The first kappa shape index (κ1) is 17.9. The second kappa shape index (κ2) is 7.26. The highest BCUT2D eigenvalue weighted by Gasteiger charge is 2.29. The van der Waals surface area contributed by atoms with Gasteiger partial charge in [-0.25, -0.2) is 9.07 Å². The van der Waals surface area contributed by atoms with Gasteiger partial charge in [-0.3, -0.25) is 9.59 Å². The van der Waals surface area contributed by atoms with Gasteiger partial charge in [-0.05, 0) is 67.4 Å². The molecule has 3 aromatic rings. The number of nitrogens with zero attached hydrogens (tertiary/aromatic N) is 2. The molecule has 6 nitrogen and oxygen atoms in total. The number of hydrogen-bond donors (Lipinski definition) is 2. The molecule has 0 bridgehead atoms. The molecule has 1 saturated carbocycles. The minimum atomic E-state index is -0.324. The maximum Gasteiger partial charge on any atom is 0.276 e. The van der Waals surface area contributed by atoms with Gasteiger partial charge >= 0.3 is 0 Å². The topological polar surface area (TPSA) is 76.0 Å². The number of rotatable bonds is 5. The summed E-state index contributed by atoms with van der Waals surface area (Å²) in [5.41, 5.74) is 3.24. The van der Waals surface area contributed by atoms with E-state index in [0.29, 0.717) is 23.0 Å². The molecule has 1 fully saturated rings. The summed E-state index contributed by atoms with van der Waals surface area (Å²) < 4.78 is 14.9. The van der Waals surface area contributed by atoms with E-state index >= 15 is 0 Å². The smallest absolute Gasteiger partial charge is 0.276 e. The summed E-state index contributed by atoms with van der Waals surface area (Å²) in [6, 6.07) is 14.7.